The van der Waals surface area contributed by atoms with Gasteiger partial charge >= 0.3 is 29.6 Å². The monoisotopic (exact) mass is 1270 g/mol. The molecule has 0 saturated heterocycles. The Labute approximate surface area is 564 Å². The smallest absolute Gasteiger partial charge is 1.00 e. The molecule has 4 fully saturated rings. The van der Waals surface area contributed by atoms with Crippen LogP contribution in [0.4, 0.5) is 40.3 Å². The first-order chi connectivity index (χ1) is 41.9. The molecule has 0 bridgehead atoms. The molecule has 8 aromatic rings. The number of halogens is 5. The molecular weight excluding hydrogens is 1190 g/mol. The van der Waals surface area contributed by atoms with E-state index in [1.54, 1.807) is 36.4 Å². The van der Waals surface area contributed by atoms with Crippen LogP contribution in [0, 0.1) is 46.9 Å². The fourth-order valence-corrected chi connectivity index (χ4v) is 10.2. The van der Waals surface area contributed by atoms with Gasteiger partial charge in [0.05, 0.1) is 62.6 Å². The number of carbonyl (C=O) groups is 1. The summed E-state index contributed by atoms with van der Waals surface area (Å²) in [5, 5.41) is 10.6. The van der Waals surface area contributed by atoms with Crippen molar-refractivity contribution in [1.82, 2.24) is 15.4 Å². The van der Waals surface area contributed by atoms with Crippen molar-refractivity contribution in [2.75, 3.05) is 42.2 Å². The fourth-order valence-electron chi connectivity index (χ4n) is 9.38. The van der Waals surface area contributed by atoms with Gasteiger partial charge in [-0.25, -0.2) is 26.5 Å². The molecule has 10 nitrogen and oxygen atoms in total. The number of anilines is 4. The first kappa shape index (κ1) is 74.4. The van der Waals surface area contributed by atoms with E-state index in [0.29, 0.717) is 11.6 Å². The number of nitrogen functional groups attached to an aromatic ring is 3. The largest absolute Gasteiger partial charge is 1.00 e. The van der Waals surface area contributed by atoms with Gasteiger partial charge in [0.25, 0.3) is 0 Å². The molecule has 18 heteroatoms. The molecule has 0 amide bonds. The molecular formula is C72H86BClF4N8NaO2S. The van der Waals surface area contributed by atoms with E-state index in [-0.39, 0.29) is 105 Å². The molecule has 12 N–H and O–H groups in total. The number of nitrogens with one attached hydrogen (secondary N) is 4. The van der Waals surface area contributed by atoms with Crippen LogP contribution in [0.15, 0.2) is 194 Å². The SMILES string of the molecule is CC(C)(C)S(=O)NC(c1ccccc1)c1ccc(F)c(N)c1.Cl.Fc1ccc(C(NCC2CC2)c2ccccc2)cc1NCC1CC1.Nc1cc(C(N)c2ccccc2)ccc1F.Nc1cc(C(NCC2CC2)c2ccccc2)ccc1F.O=CC1CC1.[B].[H-].[Na+]. The van der Waals surface area contributed by atoms with Crippen LogP contribution in [-0.2, 0) is 15.8 Å². The summed E-state index contributed by atoms with van der Waals surface area (Å²) in [7, 11) is -1.26. The summed E-state index contributed by atoms with van der Waals surface area (Å²) in [6.45, 7) is 8.61. The molecule has 4 aliphatic rings. The zero-order valence-electron chi connectivity index (χ0n) is 53.0. The van der Waals surface area contributed by atoms with Gasteiger partial charge in [0, 0.05) is 20.9 Å². The molecule has 5 atom stereocenters. The van der Waals surface area contributed by atoms with E-state index in [4.69, 9.17) is 22.9 Å². The molecule has 4 saturated carbocycles. The molecule has 90 heavy (non-hydrogen) atoms. The zero-order valence-corrected chi connectivity index (χ0v) is 55.6. The van der Waals surface area contributed by atoms with Crippen molar-refractivity contribution in [2.45, 2.75) is 101 Å². The number of rotatable bonds is 20. The van der Waals surface area contributed by atoms with Crippen LogP contribution in [0.25, 0.3) is 0 Å². The van der Waals surface area contributed by atoms with Crippen LogP contribution in [-0.4, -0.2) is 43.3 Å². The van der Waals surface area contributed by atoms with E-state index in [0.717, 1.165) is 89.9 Å². The fraction of sp³-hybridized carbons (Fsp3) is 0.319. The Bertz CT molecular complexity index is 3470. The Kier molecular flexibility index (Phi) is 30.3. The topological polar surface area (TPSA) is 186 Å². The van der Waals surface area contributed by atoms with Crippen molar-refractivity contribution in [3.8, 4) is 0 Å². The van der Waals surface area contributed by atoms with Crippen molar-refractivity contribution in [1.29, 1.82) is 0 Å². The third-order valence-electron chi connectivity index (χ3n) is 15.5. The summed E-state index contributed by atoms with van der Waals surface area (Å²) in [5.41, 5.74) is 32.1. The van der Waals surface area contributed by atoms with E-state index < -0.39 is 27.4 Å². The van der Waals surface area contributed by atoms with Crippen molar-refractivity contribution in [2.24, 2.45) is 29.4 Å². The van der Waals surface area contributed by atoms with Gasteiger partial charge in [-0.1, -0.05) is 146 Å². The third-order valence-corrected chi connectivity index (χ3v) is 17.0. The summed E-state index contributed by atoms with van der Waals surface area (Å²) in [5.74, 6) is 1.40. The van der Waals surface area contributed by atoms with Gasteiger partial charge in [0.1, 0.15) is 29.6 Å². The molecule has 471 valence electrons. The Morgan fingerprint density at radius 1 is 0.478 bits per heavy atom. The van der Waals surface area contributed by atoms with Crippen molar-refractivity contribution in [3.05, 3.63) is 262 Å². The van der Waals surface area contributed by atoms with Crippen LogP contribution < -0.4 is 73.2 Å². The molecule has 0 heterocycles. The van der Waals surface area contributed by atoms with E-state index in [1.165, 1.54) is 67.9 Å². The van der Waals surface area contributed by atoms with E-state index >= 15 is 0 Å². The van der Waals surface area contributed by atoms with Crippen LogP contribution >= 0.6 is 12.4 Å². The normalized spacial score (nSPS) is 15.5. The third kappa shape index (κ3) is 24.1. The van der Waals surface area contributed by atoms with Crippen LogP contribution in [0.1, 0.15) is 142 Å². The Morgan fingerprint density at radius 3 is 1.17 bits per heavy atom. The van der Waals surface area contributed by atoms with Crippen molar-refractivity contribution in [3.63, 3.8) is 0 Å². The number of carbonyl (C=O) groups excluding carboxylic acids is 1. The summed E-state index contributed by atoms with van der Waals surface area (Å²) in [6, 6.07) is 59.2. The predicted octanol–water partition coefficient (Wildman–Crippen LogP) is 12.0. The second-order valence-corrected chi connectivity index (χ2v) is 26.0. The minimum atomic E-state index is -1.26. The standard InChI is InChI=1S/C21H25FN2.C17H21FN2OS.C17H19FN2.C13H13FN2.C4H6O.B.ClH.Na.H/c22-19-11-10-18(12-20(19)23-13-15-6-7-15)21(24-14-16-8-9-16)17-4-2-1-3-5-17;1-17(2,3)22(21)20-16(12-7-5-4-6-8-12)13-9-10-14(18)15(19)11-13;18-15-9-8-14(10-16(15)19)17(20-11-12-6-7-12)13-4-2-1-3-5-13;14-11-7-6-10(8-12(11)15)13(16)9-4-2-1-3-5-9;5-3-4-1-2-4;;;;/h1-5,10-12,15-16,21,23-24H,6-9,13-14H2;4-11,16,20H,19H2,1-3H3;1-5,8-10,12,17,20H,6-7,11,19H2;1-8,13H,15-16H2;3-4H,1-2H2;;1H;;/q;;;;;;;+1;-1. The van der Waals surface area contributed by atoms with Gasteiger partial charge in [0.15, 0.2) is 0 Å². The molecule has 8 aromatic carbocycles. The molecule has 3 radical (unpaired) electrons. The van der Waals surface area contributed by atoms with Crippen LogP contribution in [0.2, 0.25) is 0 Å². The molecule has 4 aliphatic carbocycles. The molecule has 0 aliphatic heterocycles. The number of hydrogen-bond donors (Lipinski definition) is 8. The van der Waals surface area contributed by atoms with Crippen molar-refractivity contribution >= 4 is 60.8 Å². The average molecular weight is 1270 g/mol. The first-order valence-electron chi connectivity index (χ1n) is 30.2. The second kappa shape index (κ2) is 36.7. The molecule has 0 spiro atoms. The maximum Gasteiger partial charge on any atom is 1.00 e. The van der Waals surface area contributed by atoms with E-state index in [2.05, 4.69) is 57.1 Å². The minimum Gasteiger partial charge on any atom is -1.00 e. The number of hydrogen-bond acceptors (Lipinski definition) is 9. The summed E-state index contributed by atoms with van der Waals surface area (Å²) in [4.78, 5) is 9.57. The Morgan fingerprint density at radius 2 is 0.811 bits per heavy atom. The molecule has 5 unspecified atom stereocenters. The summed E-state index contributed by atoms with van der Waals surface area (Å²) in [6.07, 6.45) is 11.1. The van der Waals surface area contributed by atoms with Gasteiger partial charge in [-0.15, -0.1) is 12.4 Å². The number of aldehydes is 1. The summed E-state index contributed by atoms with van der Waals surface area (Å²) < 4.78 is 69.1. The maximum atomic E-state index is 14.1. The quantitative estimate of drug-likeness (QED) is 0.0159. The number of benzene rings is 8. The average Bonchev–Trinajstić information content (AvgIpc) is 2.32. The van der Waals surface area contributed by atoms with E-state index in [9.17, 15) is 26.6 Å². The van der Waals surface area contributed by atoms with Crippen LogP contribution in [0.3, 0.4) is 0 Å². The van der Waals surface area contributed by atoms with Gasteiger partial charge < -0.3 is 45.1 Å². The Hall–Kier alpha value is -6.31. The van der Waals surface area contributed by atoms with Crippen molar-refractivity contribution < 1.29 is 57.5 Å². The predicted molar refractivity (Wildman–Crippen MR) is 363 cm³/mol. The van der Waals surface area contributed by atoms with E-state index in [1.807, 2.05) is 124 Å². The summed E-state index contributed by atoms with van der Waals surface area (Å²) >= 11 is 0. The molecule has 0 aromatic heterocycles. The molecule has 12 rings (SSSR count). The van der Waals surface area contributed by atoms with Crippen LogP contribution in [0.5, 0.6) is 0 Å². The van der Waals surface area contributed by atoms with Gasteiger partial charge in [-0.2, -0.15) is 0 Å². The first-order valence-corrected chi connectivity index (χ1v) is 31.3. The maximum absolute atomic E-state index is 14.1. The second-order valence-electron chi connectivity index (χ2n) is 24.0. The van der Waals surface area contributed by atoms with Gasteiger partial charge in [0.2, 0.25) is 0 Å². The van der Waals surface area contributed by atoms with Gasteiger partial charge in [-0.3, -0.25) is 0 Å². The van der Waals surface area contributed by atoms with Gasteiger partial charge in [-0.05, 0) is 196 Å². The zero-order chi connectivity index (χ0) is 61.9. The minimum absolute atomic E-state index is 0. The number of nitrogens with two attached hydrogens (primary N) is 4. The Balaban J connectivity index is 0.000000250.